The maximum absolute atomic E-state index is 11.2. The summed E-state index contributed by atoms with van der Waals surface area (Å²) in [7, 11) is 0. The first-order valence-electron chi connectivity index (χ1n) is 4.58. The number of rotatable bonds is 4. The van der Waals surface area contributed by atoms with Crippen LogP contribution in [0.1, 0.15) is 13.8 Å². The molecule has 8 heteroatoms. The van der Waals surface area contributed by atoms with E-state index in [2.05, 4.69) is 10.4 Å². The SMILES string of the molecule is CC(C)[C@H](Nc1n[nH]c(=O)[nH]c1=O)C(=O)[O-]. The maximum atomic E-state index is 11.2. The molecule has 0 radical (unpaired) electrons. The zero-order chi connectivity index (χ0) is 12.3. The van der Waals surface area contributed by atoms with Crippen molar-refractivity contribution < 1.29 is 9.90 Å². The number of carbonyl (C=O) groups is 1. The summed E-state index contributed by atoms with van der Waals surface area (Å²) in [6, 6.07) is -1.06. The first kappa shape index (κ1) is 12.0. The van der Waals surface area contributed by atoms with Gasteiger partial charge in [0.2, 0.25) is 5.82 Å². The van der Waals surface area contributed by atoms with Crippen LogP contribution in [0, 0.1) is 5.92 Å². The number of hydrogen-bond donors (Lipinski definition) is 3. The average Bonchev–Trinajstić information content (AvgIpc) is 2.15. The van der Waals surface area contributed by atoms with Crippen LogP contribution >= 0.6 is 0 Å². The van der Waals surface area contributed by atoms with Gasteiger partial charge in [-0.25, -0.2) is 9.89 Å². The molecule has 0 amide bonds. The lowest BCUT2D eigenvalue weighted by molar-refractivity contribution is -0.307. The molecule has 0 bridgehead atoms. The van der Waals surface area contributed by atoms with Gasteiger partial charge in [-0.2, -0.15) is 0 Å². The van der Waals surface area contributed by atoms with Crippen molar-refractivity contribution in [1.29, 1.82) is 0 Å². The molecule has 0 saturated carbocycles. The Morgan fingerprint density at radius 2 is 2.06 bits per heavy atom. The van der Waals surface area contributed by atoms with E-state index in [1.165, 1.54) is 0 Å². The Balaban J connectivity index is 2.99. The highest BCUT2D eigenvalue weighted by molar-refractivity contribution is 5.74. The molecule has 16 heavy (non-hydrogen) atoms. The van der Waals surface area contributed by atoms with E-state index in [4.69, 9.17) is 0 Å². The highest BCUT2D eigenvalue weighted by Crippen LogP contribution is 2.05. The van der Waals surface area contributed by atoms with Gasteiger partial charge in [0.25, 0.3) is 5.56 Å². The summed E-state index contributed by atoms with van der Waals surface area (Å²) in [5.41, 5.74) is -1.54. The number of anilines is 1. The molecule has 8 nitrogen and oxygen atoms in total. The molecule has 3 N–H and O–H groups in total. The molecule has 0 unspecified atom stereocenters. The van der Waals surface area contributed by atoms with Crippen LogP contribution in [-0.2, 0) is 4.79 Å². The van der Waals surface area contributed by atoms with Gasteiger partial charge >= 0.3 is 5.69 Å². The molecule has 0 aliphatic carbocycles. The Bertz CT molecular complexity index is 489. The molecular weight excluding hydrogens is 216 g/mol. The standard InChI is InChI=1S/C8H12N4O4/c1-3(2)4(7(14)15)9-5-6(13)10-8(16)12-11-5/h3-4H,1-2H3,(H,9,11)(H,14,15)(H2,10,12,13,16)/p-1/t4-/m0/s1. The van der Waals surface area contributed by atoms with Gasteiger partial charge in [-0.1, -0.05) is 13.8 Å². The van der Waals surface area contributed by atoms with Crippen LogP contribution in [0.25, 0.3) is 0 Å². The third-order valence-corrected chi connectivity index (χ3v) is 1.92. The normalized spacial score (nSPS) is 12.4. The summed E-state index contributed by atoms with van der Waals surface area (Å²) in [6.07, 6.45) is 0. The van der Waals surface area contributed by atoms with E-state index in [-0.39, 0.29) is 11.7 Å². The predicted octanol–water partition coefficient (Wildman–Crippen LogP) is -2.36. The van der Waals surface area contributed by atoms with Gasteiger partial charge in [0.1, 0.15) is 0 Å². The van der Waals surface area contributed by atoms with E-state index < -0.39 is 23.3 Å². The number of H-pyrrole nitrogens is 2. The number of hydrogen-bond acceptors (Lipinski definition) is 6. The minimum atomic E-state index is -1.34. The van der Waals surface area contributed by atoms with Crippen LogP contribution in [0.15, 0.2) is 9.59 Å². The van der Waals surface area contributed by atoms with Gasteiger partial charge in [0.15, 0.2) is 0 Å². The molecule has 1 heterocycles. The lowest BCUT2D eigenvalue weighted by atomic mass is 10.1. The molecule has 0 fully saturated rings. The number of nitrogens with zero attached hydrogens (tertiary/aromatic N) is 1. The predicted molar refractivity (Wildman–Crippen MR) is 52.7 cm³/mol. The van der Waals surface area contributed by atoms with Crippen molar-refractivity contribution >= 4 is 11.8 Å². The Kier molecular flexibility index (Phi) is 3.44. The number of aromatic nitrogens is 3. The maximum Gasteiger partial charge on any atom is 0.342 e. The van der Waals surface area contributed by atoms with Crippen molar-refractivity contribution in [2.75, 3.05) is 5.32 Å². The third kappa shape index (κ3) is 2.69. The highest BCUT2D eigenvalue weighted by atomic mass is 16.4. The van der Waals surface area contributed by atoms with E-state index in [1.807, 2.05) is 10.1 Å². The van der Waals surface area contributed by atoms with Crippen LogP contribution in [0.4, 0.5) is 5.82 Å². The topological polar surface area (TPSA) is 131 Å². The van der Waals surface area contributed by atoms with Crippen LogP contribution in [0.3, 0.4) is 0 Å². The van der Waals surface area contributed by atoms with Crippen molar-refractivity contribution in [3.8, 4) is 0 Å². The van der Waals surface area contributed by atoms with Crippen LogP contribution in [0.5, 0.6) is 0 Å². The molecule has 0 saturated heterocycles. The van der Waals surface area contributed by atoms with Crippen molar-refractivity contribution in [2.24, 2.45) is 5.92 Å². The fraction of sp³-hybridized carbons (Fsp3) is 0.500. The Labute approximate surface area is 89.7 Å². The number of carbonyl (C=O) groups excluding carboxylic acids is 1. The van der Waals surface area contributed by atoms with Gasteiger partial charge in [-0.3, -0.25) is 9.78 Å². The monoisotopic (exact) mass is 227 g/mol. The Morgan fingerprint density at radius 1 is 1.44 bits per heavy atom. The molecule has 1 rings (SSSR count). The summed E-state index contributed by atoms with van der Waals surface area (Å²) in [6.45, 7) is 3.29. The van der Waals surface area contributed by atoms with Crippen LogP contribution in [0.2, 0.25) is 0 Å². The zero-order valence-electron chi connectivity index (χ0n) is 8.73. The van der Waals surface area contributed by atoms with Crippen LogP contribution < -0.4 is 21.7 Å². The van der Waals surface area contributed by atoms with Crippen LogP contribution in [-0.4, -0.2) is 27.2 Å². The second-order valence-corrected chi connectivity index (χ2v) is 3.54. The summed E-state index contributed by atoms with van der Waals surface area (Å²) >= 11 is 0. The van der Waals surface area contributed by atoms with Crippen molar-refractivity contribution in [1.82, 2.24) is 15.2 Å². The molecule has 1 atom stereocenters. The summed E-state index contributed by atoms with van der Waals surface area (Å²) in [5.74, 6) is -1.90. The quantitative estimate of drug-likeness (QED) is 0.527. The van der Waals surface area contributed by atoms with E-state index >= 15 is 0 Å². The number of nitrogens with one attached hydrogen (secondary N) is 3. The molecule has 1 aromatic heterocycles. The molecular formula is C8H11N4O4-. The van der Waals surface area contributed by atoms with Gasteiger partial charge < -0.3 is 15.2 Å². The molecule has 1 aromatic rings. The zero-order valence-corrected chi connectivity index (χ0v) is 8.73. The first-order chi connectivity index (χ1) is 7.41. The van der Waals surface area contributed by atoms with E-state index in [9.17, 15) is 19.5 Å². The summed E-state index contributed by atoms with van der Waals surface area (Å²) in [4.78, 5) is 34.5. The highest BCUT2D eigenvalue weighted by Gasteiger charge is 2.16. The molecule has 0 aromatic carbocycles. The van der Waals surface area contributed by atoms with Gasteiger partial charge in [0.05, 0.1) is 12.0 Å². The largest absolute Gasteiger partial charge is 0.548 e. The van der Waals surface area contributed by atoms with Crippen molar-refractivity contribution in [3.05, 3.63) is 20.8 Å². The first-order valence-corrected chi connectivity index (χ1v) is 4.58. The van der Waals surface area contributed by atoms with Crippen molar-refractivity contribution in [2.45, 2.75) is 19.9 Å². The minimum absolute atomic E-state index is 0.262. The van der Waals surface area contributed by atoms with Gasteiger partial charge in [-0.05, 0) is 5.92 Å². The number of carboxylic acid groups (broad SMARTS) is 1. The molecule has 88 valence electrons. The van der Waals surface area contributed by atoms with Gasteiger partial charge in [0, 0.05) is 0 Å². The number of aliphatic carboxylic acids is 1. The number of aromatic amines is 2. The fourth-order valence-corrected chi connectivity index (χ4v) is 1.09. The number of carboxylic acids is 1. The second kappa shape index (κ2) is 4.60. The molecule has 0 spiro atoms. The third-order valence-electron chi connectivity index (χ3n) is 1.92. The van der Waals surface area contributed by atoms with Gasteiger partial charge in [-0.15, -0.1) is 5.10 Å². The lowest BCUT2D eigenvalue weighted by Crippen LogP contribution is -2.45. The minimum Gasteiger partial charge on any atom is -0.548 e. The van der Waals surface area contributed by atoms with E-state index in [0.717, 1.165) is 0 Å². The molecule has 0 aliphatic heterocycles. The van der Waals surface area contributed by atoms with Crippen molar-refractivity contribution in [3.63, 3.8) is 0 Å². The second-order valence-electron chi connectivity index (χ2n) is 3.54. The summed E-state index contributed by atoms with van der Waals surface area (Å²) < 4.78 is 0. The van der Waals surface area contributed by atoms with E-state index in [1.54, 1.807) is 13.8 Å². The average molecular weight is 227 g/mol. The fourth-order valence-electron chi connectivity index (χ4n) is 1.09. The summed E-state index contributed by atoms with van der Waals surface area (Å²) in [5, 5.41) is 18.5. The Morgan fingerprint density at radius 3 is 2.50 bits per heavy atom. The Hall–Kier alpha value is -2.12. The lowest BCUT2D eigenvalue weighted by Gasteiger charge is -2.22. The molecule has 0 aliphatic rings. The smallest absolute Gasteiger partial charge is 0.342 e. The van der Waals surface area contributed by atoms with E-state index in [0.29, 0.717) is 0 Å².